The lowest BCUT2D eigenvalue weighted by molar-refractivity contribution is -0.873. The number of hydrogen-bond donors (Lipinski definition) is 2. The van der Waals surface area contributed by atoms with Crippen molar-refractivity contribution < 1.29 is 28.4 Å². The summed E-state index contributed by atoms with van der Waals surface area (Å²) in [6.45, 7) is 14.1. The molecule has 1 unspecified atom stereocenters. The largest absolute Gasteiger partial charge is 0.459 e. The Labute approximate surface area is 171 Å². The van der Waals surface area contributed by atoms with Gasteiger partial charge in [0, 0.05) is 17.5 Å². The third-order valence-corrected chi connectivity index (χ3v) is 3.57. The molecule has 1 atom stereocenters. The van der Waals surface area contributed by atoms with Crippen LogP contribution < -0.4 is 5.32 Å². The number of carbonyl (C=O) groups excluding carboxylic acids is 2. The van der Waals surface area contributed by atoms with Crippen LogP contribution in [0.25, 0.3) is 0 Å². The molecule has 0 rings (SSSR count). The number of hydrogen-bond acceptors (Lipinski definition) is 4. The molecule has 0 bridgehead atoms. The molecule has 7 nitrogen and oxygen atoms in total. The van der Waals surface area contributed by atoms with Crippen LogP contribution >= 0.6 is 0 Å². The van der Waals surface area contributed by atoms with Gasteiger partial charge in [-0.2, -0.15) is 0 Å². The molecule has 0 saturated carbocycles. The number of quaternary nitrogens is 2. The molecular weight excluding hydrogens is 358 g/mol. The first-order valence-corrected chi connectivity index (χ1v) is 9.45. The molecule has 0 radical (unpaired) electrons. The SMILES string of the molecule is C=C(C)C(=O)OCC(O)C[N+](C)(C)C.C=CC(=O)NC(C)(C)CC[N+](C)(C)C. The number of rotatable bonds is 10. The Balaban J connectivity index is 0. The first-order chi connectivity index (χ1) is 12.4. The molecule has 7 heteroatoms. The topological polar surface area (TPSA) is 75.6 Å². The lowest BCUT2D eigenvalue weighted by Crippen LogP contribution is -2.47. The molecule has 0 aromatic heterocycles. The van der Waals surface area contributed by atoms with E-state index in [-0.39, 0.29) is 18.1 Å². The molecule has 0 aliphatic heterocycles. The van der Waals surface area contributed by atoms with Crippen LogP contribution in [0.3, 0.4) is 0 Å². The summed E-state index contributed by atoms with van der Waals surface area (Å²) in [5.41, 5.74) is 0.194. The normalized spacial score (nSPS) is 12.9. The fourth-order valence-corrected chi connectivity index (χ4v) is 2.04. The fourth-order valence-electron chi connectivity index (χ4n) is 2.04. The molecule has 0 aromatic carbocycles. The highest BCUT2D eigenvalue weighted by molar-refractivity contribution is 5.87. The third-order valence-electron chi connectivity index (χ3n) is 3.57. The number of esters is 1. The molecule has 1 amide bonds. The summed E-state index contributed by atoms with van der Waals surface area (Å²) >= 11 is 0. The molecular formula is C21H43N3O4+2. The zero-order chi connectivity index (χ0) is 22.8. The van der Waals surface area contributed by atoms with Gasteiger partial charge in [-0.3, -0.25) is 4.79 Å². The number of carbonyl (C=O) groups is 2. The molecule has 0 aromatic rings. The molecule has 0 aliphatic carbocycles. The Morgan fingerprint density at radius 3 is 2.00 bits per heavy atom. The first-order valence-electron chi connectivity index (χ1n) is 9.45. The van der Waals surface area contributed by atoms with Crippen LogP contribution in [0.1, 0.15) is 27.2 Å². The predicted octanol–water partition coefficient (Wildman–Crippen LogP) is 1.34. The van der Waals surface area contributed by atoms with Crippen LogP contribution in [0.4, 0.5) is 0 Å². The Kier molecular flexibility index (Phi) is 12.2. The van der Waals surface area contributed by atoms with E-state index in [1.54, 1.807) is 6.92 Å². The van der Waals surface area contributed by atoms with Gasteiger partial charge < -0.3 is 24.1 Å². The van der Waals surface area contributed by atoms with Gasteiger partial charge in [-0.05, 0) is 26.8 Å². The monoisotopic (exact) mass is 401 g/mol. The molecule has 28 heavy (non-hydrogen) atoms. The number of ether oxygens (including phenoxy) is 1. The summed E-state index contributed by atoms with van der Waals surface area (Å²) in [7, 11) is 12.3. The van der Waals surface area contributed by atoms with E-state index in [2.05, 4.69) is 39.6 Å². The second-order valence-corrected chi connectivity index (χ2v) is 9.85. The van der Waals surface area contributed by atoms with Gasteiger partial charge in [0.2, 0.25) is 5.91 Å². The van der Waals surface area contributed by atoms with Gasteiger partial charge in [-0.1, -0.05) is 13.2 Å². The minimum Gasteiger partial charge on any atom is -0.459 e. The number of amides is 1. The Bertz CT molecular complexity index is 529. The summed E-state index contributed by atoms with van der Waals surface area (Å²) in [6.07, 6.45) is 1.64. The molecule has 0 heterocycles. The maximum absolute atomic E-state index is 11.1. The molecule has 2 N–H and O–H groups in total. The van der Waals surface area contributed by atoms with Gasteiger partial charge in [-0.25, -0.2) is 4.79 Å². The van der Waals surface area contributed by atoms with Crippen molar-refractivity contribution in [3.8, 4) is 0 Å². The van der Waals surface area contributed by atoms with Crippen molar-refractivity contribution in [2.45, 2.75) is 38.8 Å². The van der Waals surface area contributed by atoms with Gasteiger partial charge in [-0.15, -0.1) is 0 Å². The summed E-state index contributed by atoms with van der Waals surface area (Å²) in [4.78, 5) is 22.1. The minimum absolute atomic E-state index is 0.0290. The number of nitrogens with zero attached hydrogens (tertiary/aromatic N) is 2. The van der Waals surface area contributed by atoms with Crippen LogP contribution in [0.2, 0.25) is 0 Å². The van der Waals surface area contributed by atoms with Crippen molar-refractivity contribution in [1.82, 2.24) is 5.32 Å². The summed E-state index contributed by atoms with van der Waals surface area (Å²) in [5, 5.41) is 12.4. The smallest absolute Gasteiger partial charge is 0.333 e. The Hall–Kier alpha value is -1.70. The van der Waals surface area contributed by atoms with Gasteiger partial charge in [0.1, 0.15) is 19.3 Å². The molecule has 164 valence electrons. The predicted molar refractivity (Wildman–Crippen MR) is 115 cm³/mol. The second kappa shape index (κ2) is 12.0. The van der Waals surface area contributed by atoms with Crippen molar-refractivity contribution in [2.75, 3.05) is 62.0 Å². The number of aliphatic hydroxyl groups excluding tert-OH is 1. The molecule has 0 fully saturated rings. The average Bonchev–Trinajstić information content (AvgIpc) is 2.48. The van der Waals surface area contributed by atoms with E-state index >= 15 is 0 Å². The molecule has 0 saturated heterocycles. The maximum atomic E-state index is 11.1. The number of nitrogens with one attached hydrogen (secondary N) is 1. The van der Waals surface area contributed by atoms with E-state index in [1.807, 2.05) is 35.0 Å². The highest BCUT2D eigenvalue weighted by Gasteiger charge is 2.22. The zero-order valence-corrected chi connectivity index (χ0v) is 19.5. The zero-order valence-electron chi connectivity index (χ0n) is 19.5. The van der Waals surface area contributed by atoms with E-state index in [4.69, 9.17) is 4.74 Å². The van der Waals surface area contributed by atoms with E-state index in [9.17, 15) is 14.7 Å². The highest BCUT2D eigenvalue weighted by atomic mass is 16.5. The molecule has 0 spiro atoms. The number of likely N-dealkylation sites (N-methyl/N-ethyl adjacent to an activating group) is 1. The summed E-state index contributed by atoms with van der Waals surface area (Å²) in [6, 6.07) is 0. The van der Waals surface area contributed by atoms with Gasteiger partial charge in [0.15, 0.2) is 0 Å². The Morgan fingerprint density at radius 1 is 1.14 bits per heavy atom. The van der Waals surface area contributed by atoms with E-state index in [0.717, 1.165) is 17.4 Å². The van der Waals surface area contributed by atoms with Crippen molar-refractivity contribution in [1.29, 1.82) is 0 Å². The van der Waals surface area contributed by atoms with Crippen molar-refractivity contribution in [3.05, 3.63) is 24.8 Å². The lowest BCUT2D eigenvalue weighted by atomic mass is 10.00. The summed E-state index contributed by atoms with van der Waals surface area (Å²) in [5.74, 6) is -0.554. The van der Waals surface area contributed by atoms with Crippen molar-refractivity contribution in [3.63, 3.8) is 0 Å². The van der Waals surface area contributed by atoms with Gasteiger partial charge in [0.25, 0.3) is 0 Å². The third kappa shape index (κ3) is 19.1. The van der Waals surface area contributed by atoms with Gasteiger partial charge in [0.05, 0.1) is 48.8 Å². The second-order valence-electron chi connectivity index (χ2n) is 9.85. The summed E-state index contributed by atoms with van der Waals surface area (Å²) < 4.78 is 6.35. The quantitative estimate of drug-likeness (QED) is 0.329. The fraction of sp³-hybridized carbons (Fsp3) is 0.714. The van der Waals surface area contributed by atoms with Crippen molar-refractivity contribution >= 4 is 11.9 Å². The molecule has 0 aliphatic rings. The highest BCUT2D eigenvalue weighted by Crippen LogP contribution is 2.10. The lowest BCUT2D eigenvalue weighted by Gasteiger charge is -2.31. The van der Waals surface area contributed by atoms with E-state index in [0.29, 0.717) is 16.6 Å². The van der Waals surface area contributed by atoms with Crippen LogP contribution in [-0.2, 0) is 14.3 Å². The van der Waals surface area contributed by atoms with Gasteiger partial charge >= 0.3 is 5.97 Å². The van der Waals surface area contributed by atoms with Crippen LogP contribution in [0, 0.1) is 0 Å². The minimum atomic E-state index is -0.627. The average molecular weight is 402 g/mol. The van der Waals surface area contributed by atoms with Crippen molar-refractivity contribution in [2.24, 2.45) is 0 Å². The Morgan fingerprint density at radius 2 is 1.64 bits per heavy atom. The van der Waals surface area contributed by atoms with E-state index < -0.39 is 12.1 Å². The first kappa shape index (κ1) is 28.5. The standard InChI is InChI=1S/C11H22N2O.C10H20NO3/c1-7-10(14)12-11(2,3)8-9-13(4,5)6;1-8(2)10(13)14-7-9(12)6-11(3,4)5/h7H,1,8-9H2,2-6H3;9,12H,1,6-7H2,2-5H3/q;+1/p+1. The number of aliphatic hydroxyl groups is 1. The van der Waals surface area contributed by atoms with E-state index in [1.165, 1.54) is 6.08 Å². The van der Waals surface area contributed by atoms with Crippen LogP contribution in [0.15, 0.2) is 24.8 Å². The van der Waals surface area contributed by atoms with Crippen LogP contribution in [-0.4, -0.2) is 99.6 Å². The maximum Gasteiger partial charge on any atom is 0.333 e. The van der Waals surface area contributed by atoms with Crippen LogP contribution in [0.5, 0.6) is 0 Å².